The van der Waals surface area contributed by atoms with Crippen LogP contribution in [0.3, 0.4) is 0 Å². The van der Waals surface area contributed by atoms with Crippen LogP contribution in [0.2, 0.25) is 5.02 Å². The van der Waals surface area contributed by atoms with Crippen molar-refractivity contribution < 1.29 is 18.3 Å². The first-order chi connectivity index (χ1) is 14.3. The van der Waals surface area contributed by atoms with Crippen molar-refractivity contribution in [2.24, 2.45) is 0 Å². The average Bonchev–Trinajstić information content (AvgIpc) is 2.73. The van der Waals surface area contributed by atoms with E-state index in [-0.39, 0.29) is 11.3 Å². The molecule has 1 atom stereocenters. The highest BCUT2D eigenvalue weighted by Gasteiger charge is 2.23. The minimum atomic E-state index is -3.80. The number of benzene rings is 3. The quantitative estimate of drug-likeness (QED) is 0.496. The molecule has 0 aliphatic carbocycles. The second-order valence-electron chi connectivity index (χ2n) is 6.91. The second-order valence-corrected chi connectivity index (χ2v) is 9.06. The van der Waals surface area contributed by atoms with Crippen LogP contribution in [0.5, 0.6) is 0 Å². The molecule has 0 aliphatic rings. The van der Waals surface area contributed by atoms with Gasteiger partial charge in [-0.25, -0.2) is 8.42 Å². The summed E-state index contributed by atoms with van der Waals surface area (Å²) in [5.41, 5.74) is 2.55. The van der Waals surface area contributed by atoms with Crippen LogP contribution in [0.4, 0.5) is 0 Å². The lowest BCUT2D eigenvalue weighted by molar-refractivity contribution is -0.137. The van der Waals surface area contributed by atoms with Gasteiger partial charge >= 0.3 is 5.97 Å². The molecule has 3 rings (SSSR count). The van der Waals surface area contributed by atoms with Gasteiger partial charge in [0.1, 0.15) is 0 Å². The zero-order valence-electron chi connectivity index (χ0n) is 16.2. The first-order valence-electron chi connectivity index (χ1n) is 9.48. The molecule has 3 aromatic rings. The Balaban J connectivity index is 1.92. The van der Waals surface area contributed by atoms with Crippen molar-refractivity contribution in [3.05, 3.63) is 101 Å². The van der Waals surface area contributed by atoms with Gasteiger partial charge < -0.3 is 5.11 Å². The van der Waals surface area contributed by atoms with E-state index in [4.69, 9.17) is 16.7 Å². The molecule has 0 saturated carbocycles. The highest BCUT2D eigenvalue weighted by atomic mass is 35.5. The van der Waals surface area contributed by atoms with E-state index < -0.39 is 22.0 Å². The van der Waals surface area contributed by atoms with Crippen LogP contribution in [0, 0.1) is 0 Å². The van der Waals surface area contributed by atoms with E-state index in [1.54, 1.807) is 0 Å². The summed E-state index contributed by atoms with van der Waals surface area (Å²) in [7, 11) is -3.80. The van der Waals surface area contributed by atoms with Crippen LogP contribution in [0.25, 0.3) is 0 Å². The Kier molecular flexibility index (Phi) is 7.26. The number of aliphatic carboxylic acids is 1. The van der Waals surface area contributed by atoms with Gasteiger partial charge in [0.2, 0.25) is 10.0 Å². The van der Waals surface area contributed by atoms with E-state index in [2.05, 4.69) is 4.72 Å². The van der Waals surface area contributed by atoms with Crippen molar-refractivity contribution in [3.8, 4) is 0 Å². The maximum atomic E-state index is 13.0. The van der Waals surface area contributed by atoms with Crippen molar-refractivity contribution >= 4 is 27.6 Å². The van der Waals surface area contributed by atoms with Crippen LogP contribution in [-0.2, 0) is 21.2 Å². The summed E-state index contributed by atoms with van der Waals surface area (Å²) < 4.78 is 28.8. The van der Waals surface area contributed by atoms with E-state index in [9.17, 15) is 13.2 Å². The summed E-state index contributed by atoms with van der Waals surface area (Å²) in [4.78, 5) is 10.9. The minimum absolute atomic E-state index is 0.0928. The van der Waals surface area contributed by atoms with Crippen molar-refractivity contribution in [2.45, 2.75) is 30.2 Å². The molecule has 7 heteroatoms. The van der Waals surface area contributed by atoms with Crippen molar-refractivity contribution in [3.63, 3.8) is 0 Å². The first-order valence-corrected chi connectivity index (χ1v) is 11.3. The third kappa shape index (κ3) is 5.92. The zero-order chi connectivity index (χ0) is 21.6. The van der Waals surface area contributed by atoms with E-state index >= 15 is 0 Å². The molecule has 3 aromatic carbocycles. The van der Waals surface area contributed by atoms with E-state index in [0.29, 0.717) is 17.9 Å². The number of rotatable bonds is 9. The number of aryl methyl sites for hydroxylation is 1. The largest absolute Gasteiger partial charge is 0.481 e. The Bertz CT molecular complexity index is 1100. The lowest BCUT2D eigenvalue weighted by Gasteiger charge is -2.21. The first kappa shape index (κ1) is 22.0. The average molecular weight is 444 g/mol. The molecule has 30 heavy (non-hydrogen) atoms. The number of nitrogens with one attached hydrogen (secondary N) is 1. The summed E-state index contributed by atoms with van der Waals surface area (Å²) in [5, 5.41) is 9.31. The number of carbonyl (C=O) groups is 1. The molecule has 0 aromatic heterocycles. The molecule has 0 radical (unpaired) electrons. The van der Waals surface area contributed by atoms with Gasteiger partial charge in [-0.2, -0.15) is 4.72 Å². The molecular weight excluding hydrogens is 422 g/mol. The normalized spacial score (nSPS) is 12.4. The minimum Gasteiger partial charge on any atom is -0.481 e. The van der Waals surface area contributed by atoms with E-state index in [1.165, 1.54) is 24.3 Å². The molecular formula is C23H22ClNO4S. The van der Waals surface area contributed by atoms with Gasteiger partial charge in [0.15, 0.2) is 0 Å². The third-order valence-corrected chi connectivity index (χ3v) is 6.36. The zero-order valence-corrected chi connectivity index (χ0v) is 17.7. The van der Waals surface area contributed by atoms with Gasteiger partial charge in [0.25, 0.3) is 0 Å². The lowest BCUT2D eigenvalue weighted by Crippen LogP contribution is -2.29. The van der Waals surface area contributed by atoms with Gasteiger partial charge in [-0.1, -0.05) is 66.2 Å². The van der Waals surface area contributed by atoms with Crippen LogP contribution in [0.15, 0.2) is 83.8 Å². The molecule has 5 nitrogen and oxygen atoms in total. The Labute approximate surface area is 181 Å². The second kappa shape index (κ2) is 9.89. The van der Waals surface area contributed by atoms with E-state index in [1.807, 2.05) is 54.6 Å². The van der Waals surface area contributed by atoms with Crippen LogP contribution >= 0.6 is 11.6 Å². The van der Waals surface area contributed by atoms with E-state index in [0.717, 1.165) is 16.7 Å². The predicted octanol–water partition coefficient (Wildman–Crippen LogP) is 4.82. The fourth-order valence-corrected chi connectivity index (χ4v) is 4.52. The maximum absolute atomic E-state index is 13.0. The fraction of sp³-hybridized carbons (Fsp3) is 0.174. The van der Waals surface area contributed by atoms with Crippen molar-refractivity contribution in [2.75, 3.05) is 0 Å². The van der Waals surface area contributed by atoms with Crippen LogP contribution in [-0.4, -0.2) is 19.5 Å². The summed E-state index contributed by atoms with van der Waals surface area (Å²) in [5.74, 6) is -0.830. The maximum Gasteiger partial charge on any atom is 0.303 e. The number of hydrogen-bond acceptors (Lipinski definition) is 3. The van der Waals surface area contributed by atoms with Gasteiger partial charge in [-0.05, 0) is 53.8 Å². The Morgan fingerprint density at radius 2 is 1.60 bits per heavy atom. The SMILES string of the molecule is O=C(O)CCCc1cccc(C(NS(=O)(=O)c2ccc(Cl)cc2)c2ccccc2)c1. The molecule has 0 bridgehead atoms. The molecule has 1 unspecified atom stereocenters. The van der Waals surface area contributed by atoms with Gasteiger partial charge in [0.05, 0.1) is 10.9 Å². The smallest absolute Gasteiger partial charge is 0.303 e. The van der Waals surface area contributed by atoms with Gasteiger partial charge in [-0.3, -0.25) is 4.79 Å². The lowest BCUT2D eigenvalue weighted by atomic mass is 9.96. The topological polar surface area (TPSA) is 83.5 Å². The molecule has 0 aliphatic heterocycles. The number of halogens is 1. The summed E-state index contributed by atoms with van der Waals surface area (Å²) in [6.45, 7) is 0. The van der Waals surface area contributed by atoms with Gasteiger partial charge in [0, 0.05) is 11.4 Å². The van der Waals surface area contributed by atoms with Crippen molar-refractivity contribution in [1.29, 1.82) is 0 Å². The summed E-state index contributed by atoms with van der Waals surface area (Å²) in [6, 6.07) is 22.3. The highest BCUT2D eigenvalue weighted by molar-refractivity contribution is 7.89. The number of hydrogen-bond donors (Lipinski definition) is 2. The number of carboxylic acids is 1. The molecule has 0 heterocycles. The number of carboxylic acid groups (broad SMARTS) is 1. The molecule has 2 N–H and O–H groups in total. The standard InChI is InChI=1S/C23H22ClNO4S/c24-20-12-14-21(15-13-20)30(28,29)25-23(18-8-2-1-3-9-18)19-10-4-6-17(16-19)7-5-11-22(26)27/h1-4,6,8-10,12-16,23,25H,5,7,11H2,(H,26,27). The Morgan fingerprint density at radius 1 is 0.933 bits per heavy atom. The Morgan fingerprint density at radius 3 is 2.27 bits per heavy atom. The molecule has 156 valence electrons. The molecule has 0 fully saturated rings. The third-order valence-electron chi connectivity index (χ3n) is 4.67. The summed E-state index contributed by atoms with van der Waals surface area (Å²) in [6.07, 6.45) is 1.21. The van der Waals surface area contributed by atoms with Gasteiger partial charge in [-0.15, -0.1) is 0 Å². The molecule has 0 spiro atoms. The van der Waals surface area contributed by atoms with Crippen LogP contribution < -0.4 is 4.72 Å². The highest BCUT2D eigenvalue weighted by Crippen LogP contribution is 2.26. The molecule has 0 saturated heterocycles. The van der Waals surface area contributed by atoms with Crippen LogP contribution in [0.1, 0.15) is 35.6 Å². The predicted molar refractivity (Wildman–Crippen MR) is 117 cm³/mol. The fourth-order valence-electron chi connectivity index (χ4n) is 3.18. The Hall–Kier alpha value is -2.67. The summed E-state index contributed by atoms with van der Waals surface area (Å²) >= 11 is 5.89. The monoisotopic (exact) mass is 443 g/mol. The van der Waals surface area contributed by atoms with Crippen molar-refractivity contribution in [1.82, 2.24) is 4.72 Å². The molecule has 0 amide bonds. The number of sulfonamides is 1.